The molecule has 1 saturated heterocycles. The van der Waals surface area contributed by atoms with Gasteiger partial charge in [-0.2, -0.15) is 5.10 Å². The molecule has 8 heteroatoms. The number of likely N-dealkylation sites (tertiary alicyclic amines) is 1. The Morgan fingerprint density at radius 2 is 1.84 bits per heavy atom. The zero-order chi connectivity index (χ0) is 24.6. The minimum absolute atomic E-state index is 0. The second-order valence-electron chi connectivity index (χ2n) is 9.65. The Bertz CT molecular complexity index is 1540. The smallest absolute Gasteiger partial charge is 0.153 e. The van der Waals surface area contributed by atoms with Crippen LogP contribution >= 0.6 is 0 Å². The van der Waals surface area contributed by atoms with Gasteiger partial charge in [0.2, 0.25) is 0 Å². The number of pyridine rings is 1. The molecule has 5 aromatic rings. The van der Waals surface area contributed by atoms with Crippen LogP contribution in [-0.4, -0.2) is 49.1 Å². The van der Waals surface area contributed by atoms with Crippen molar-refractivity contribution in [1.82, 2.24) is 29.5 Å². The summed E-state index contributed by atoms with van der Waals surface area (Å²) in [5, 5.41) is 5.54. The summed E-state index contributed by atoms with van der Waals surface area (Å²) >= 11 is 0. The number of aromatic nitrogens is 5. The van der Waals surface area contributed by atoms with Gasteiger partial charge in [-0.25, -0.2) is 14.5 Å². The van der Waals surface area contributed by atoms with E-state index in [1.807, 2.05) is 28.8 Å². The molecule has 0 aliphatic carbocycles. The van der Waals surface area contributed by atoms with Gasteiger partial charge in [0.05, 0.1) is 0 Å². The van der Waals surface area contributed by atoms with Crippen LogP contribution in [0.3, 0.4) is 0 Å². The molecule has 0 bridgehead atoms. The first-order chi connectivity index (χ1) is 17.6. The number of nitrogens with zero attached hydrogens (tertiary/aromatic N) is 6. The van der Waals surface area contributed by atoms with Crippen molar-refractivity contribution in [3.63, 3.8) is 0 Å². The van der Waals surface area contributed by atoms with Crippen molar-refractivity contribution < 1.29 is 32.7 Å². The third-order valence-electron chi connectivity index (χ3n) is 7.51. The molecule has 3 aromatic heterocycles. The summed E-state index contributed by atoms with van der Waals surface area (Å²) in [6.07, 6.45) is 4.75. The number of piperidine rings is 1. The van der Waals surface area contributed by atoms with Crippen LogP contribution in [-0.2, 0) is 39.1 Å². The number of nitrogen functional groups attached to an aromatic ring is 1. The van der Waals surface area contributed by atoms with E-state index in [4.69, 9.17) is 15.7 Å². The van der Waals surface area contributed by atoms with Crippen LogP contribution in [0.25, 0.3) is 38.9 Å². The summed E-state index contributed by atoms with van der Waals surface area (Å²) in [6.45, 7) is 7.73. The average molecular weight is 566 g/mol. The van der Waals surface area contributed by atoms with E-state index in [1.54, 1.807) is 0 Å². The Balaban J connectivity index is 0.00000280. The second-order valence-corrected chi connectivity index (χ2v) is 9.65. The number of rotatable bonds is 5. The normalized spacial score (nSPS) is 14.8. The Labute approximate surface area is 242 Å². The predicted molar refractivity (Wildman–Crippen MR) is 143 cm³/mol. The molecule has 0 unspecified atom stereocenters. The first-order valence-corrected chi connectivity index (χ1v) is 12.7. The summed E-state index contributed by atoms with van der Waals surface area (Å²) in [5.41, 5.74) is 12.9. The van der Waals surface area contributed by atoms with Crippen LogP contribution in [0.2, 0.25) is 0 Å². The van der Waals surface area contributed by atoms with Gasteiger partial charge in [-0.15, -0.1) is 23.6 Å². The Kier molecular flexibility index (Phi) is 7.66. The van der Waals surface area contributed by atoms with E-state index in [0.29, 0.717) is 11.7 Å². The van der Waals surface area contributed by atoms with Gasteiger partial charge in [0.15, 0.2) is 5.82 Å². The van der Waals surface area contributed by atoms with Gasteiger partial charge < -0.3 is 15.6 Å². The number of imidazole rings is 1. The van der Waals surface area contributed by atoms with Crippen molar-refractivity contribution in [2.24, 2.45) is 5.92 Å². The number of anilines is 1. The van der Waals surface area contributed by atoms with E-state index < -0.39 is 0 Å². The van der Waals surface area contributed by atoms with Crippen LogP contribution in [0.15, 0.2) is 54.9 Å². The molecule has 0 atom stereocenters. The summed E-state index contributed by atoms with van der Waals surface area (Å²) in [5.74, 6) is 1.97. The number of fused-ring (bicyclic) bond motifs is 2. The molecule has 2 N–H and O–H groups in total. The minimum atomic E-state index is 0. The van der Waals surface area contributed by atoms with Crippen LogP contribution in [0.1, 0.15) is 31.2 Å². The van der Waals surface area contributed by atoms with Gasteiger partial charge in [0, 0.05) is 39.1 Å². The topological polar surface area (TPSA) is 85.2 Å². The van der Waals surface area contributed by atoms with Crippen molar-refractivity contribution >= 4 is 22.2 Å². The molecule has 0 amide bonds. The van der Waals surface area contributed by atoms with Gasteiger partial charge in [-0.1, -0.05) is 48.9 Å². The SMILES string of the molecule is CCN1CCC(Cc2nc(-c3ccc4[c-]cc(-c5ccccc5)nc4c3C)c3c(N)ncnn23)CC1.[Y]. The van der Waals surface area contributed by atoms with E-state index in [0.717, 1.165) is 76.4 Å². The fraction of sp³-hybridized carbons (Fsp3) is 0.310. The molecule has 1 radical (unpaired) electrons. The van der Waals surface area contributed by atoms with Gasteiger partial charge in [-0.3, -0.25) is 0 Å². The standard InChI is InChI=1S/C29H30N7.Y/c1-3-35-15-13-20(14-16-35)17-25-34-27(28-29(30)31-18-32-36(25)28)23-11-9-22-10-12-24(33-26(22)19(23)2)21-7-5-4-6-8-21;/h4-9,11-12,18,20H,3,13-17H2,1-2H3,(H2,30,31,32);/q-1;. The van der Waals surface area contributed by atoms with Crippen LogP contribution in [0.5, 0.6) is 0 Å². The molecular formula is C29H30N7Y-. The number of hydrogen-bond donors (Lipinski definition) is 1. The maximum absolute atomic E-state index is 6.40. The maximum Gasteiger partial charge on any atom is 0.153 e. The summed E-state index contributed by atoms with van der Waals surface area (Å²) in [6, 6.07) is 19.7. The molecular weight excluding hydrogens is 535 g/mol. The molecule has 7 nitrogen and oxygen atoms in total. The summed E-state index contributed by atoms with van der Waals surface area (Å²) < 4.78 is 1.90. The van der Waals surface area contributed by atoms with E-state index in [9.17, 15) is 0 Å². The quantitative estimate of drug-likeness (QED) is 0.303. The molecule has 1 aliphatic rings. The maximum atomic E-state index is 6.40. The molecule has 4 heterocycles. The first kappa shape index (κ1) is 25.9. The van der Waals surface area contributed by atoms with E-state index in [2.05, 4.69) is 59.2 Å². The van der Waals surface area contributed by atoms with Crippen molar-refractivity contribution in [2.45, 2.75) is 33.1 Å². The number of aryl methyl sites for hydroxylation is 1. The number of nitrogens with two attached hydrogens (primary N) is 1. The molecule has 0 saturated carbocycles. The number of hydrogen-bond acceptors (Lipinski definition) is 6. The van der Waals surface area contributed by atoms with E-state index >= 15 is 0 Å². The Morgan fingerprint density at radius 3 is 2.59 bits per heavy atom. The molecule has 2 aromatic carbocycles. The molecule has 1 aliphatic heterocycles. The Morgan fingerprint density at radius 1 is 1.05 bits per heavy atom. The van der Waals surface area contributed by atoms with Crippen molar-refractivity contribution in [3.05, 3.63) is 72.3 Å². The average Bonchev–Trinajstić information content (AvgIpc) is 3.29. The zero-order valence-electron chi connectivity index (χ0n) is 21.4. The van der Waals surface area contributed by atoms with Gasteiger partial charge in [0.1, 0.15) is 23.4 Å². The molecule has 1 fully saturated rings. The number of benzene rings is 2. The van der Waals surface area contributed by atoms with Crippen LogP contribution in [0, 0.1) is 18.9 Å². The van der Waals surface area contributed by atoms with E-state index in [-0.39, 0.29) is 32.7 Å². The fourth-order valence-electron chi connectivity index (χ4n) is 5.37. The minimum Gasteiger partial charge on any atom is -0.382 e. The molecule has 6 rings (SSSR count). The third-order valence-corrected chi connectivity index (χ3v) is 7.51. The molecule has 37 heavy (non-hydrogen) atoms. The monoisotopic (exact) mass is 565 g/mol. The van der Waals surface area contributed by atoms with E-state index in [1.165, 1.54) is 19.2 Å². The largest absolute Gasteiger partial charge is 0.382 e. The molecule has 185 valence electrons. The third kappa shape index (κ3) is 4.92. The fourth-order valence-corrected chi connectivity index (χ4v) is 5.37. The van der Waals surface area contributed by atoms with Gasteiger partial charge >= 0.3 is 0 Å². The van der Waals surface area contributed by atoms with Gasteiger partial charge in [0.25, 0.3) is 0 Å². The van der Waals surface area contributed by atoms with Gasteiger partial charge in [-0.05, 0) is 67.7 Å². The first-order valence-electron chi connectivity index (χ1n) is 12.7. The van der Waals surface area contributed by atoms with Crippen molar-refractivity contribution in [2.75, 3.05) is 25.4 Å². The van der Waals surface area contributed by atoms with Crippen molar-refractivity contribution in [3.8, 4) is 22.5 Å². The van der Waals surface area contributed by atoms with Crippen LogP contribution < -0.4 is 5.73 Å². The summed E-state index contributed by atoms with van der Waals surface area (Å²) in [4.78, 5) is 17.0. The summed E-state index contributed by atoms with van der Waals surface area (Å²) in [7, 11) is 0. The van der Waals surface area contributed by atoms with Crippen molar-refractivity contribution in [1.29, 1.82) is 0 Å². The molecule has 0 spiro atoms. The zero-order valence-corrected chi connectivity index (χ0v) is 24.2. The van der Waals surface area contributed by atoms with Crippen LogP contribution in [0.4, 0.5) is 5.82 Å². The predicted octanol–water partition coefficient (Wildman–Crippen LogP) is 4.97. The second kappa shape index (κ2) is 10.9. The Hall–Kier alpha value is -2.74.